The number of nitrogens with one attached hydrogen (secondary N) is 1. The maximum atomic E-state index is 12.7. The van der Waals surface area contributed by atoms with Gasteiger partial charge in [-0.15, -0.1) is 0 Å². The van der Waals surface area contributed by atoms with Crippen molar-refractivity contribution in [1.82, 2.24) is 14.5 Å². The Hall–Kier alpha value is -1.93. The van der Waals surface area contributed by atoms with Crippen molar-refractivity contribution in [2.75, 3.05) is 26.7 Å². The molecule has 8 heteroatoms. The highest BCUT2D eigenvalue weighted by Crippen LogP contribution is 2.21. The summed E-state index contributed by atoms with van der Waals surface area (Å²) in [7, 11) is -1.70. The lowest BCUT2D eigenvalue weighted by atomic mass is 10.1. The summed E-state index contributed by atoms with van der Waals surface area (Å²) in [4.78, 5) is 16.8. The monoisotopic (exact) mass is 449 g/mol. The molecule has 0 radical (unpaired) electrons. The van der Waals surface area contributed by atoms with Crippen molar-refractivity contribution in [3.8, 4) is 0 Å². The van der Waals surface area contributed by atoms with E-state index in [1.807, 2.05) is 38.2 Å². The van der Waals surface area contributed by atoms with Gasteiger partial charge in [-0.05, 0) is 49.6 Å². The summed E-state index contributed by atoms with van der Waals surface area (Å²) in [6.07, 6.45) is 1.35. The largest absolute Gasteiger partial charge is 0.338 e. The highest BCUT2D eigenvalue weighted by molar-refractivity contribution is 7.89. The van der Waals surface area contributed by atoms with Crippen molar-refractivity contribution in [2.24, 2.45) is 0 Å². The summed E-state index contributed by atoms with van der Waals surface area (Å²) < 4.78 is 27.8. The molecule has 162 valence electrons. The molecule has 3 rings (SSSR count). The number of hydrogen-bond acceptors (Lipinski definition) is 4. The van der Waals surface area contributed by atoms with E-state index in [1.54, 1.807) is 35.2 Å². The second-order valence-electron chi connectivity index (χ2n) is 7.72. The van der Waals surface area contributed by atoms with E-state index in [1.165, 1.54) is 0 Å². The van der Waals surface area contributed by atoms with Gasteiger partial charge in [0, 0.05) is 31.2 Å². The first-order valence-corrected chi connectivity index (χ1v) is 11.9. The average molecular weight is 450 g/mol. The van der Waals surface area contributed by atoms with Crippen LogP contribution in [0, 0.1) is 0 Å². The zero-order valence-corrected chi connectivity index (χ0v) is 18.9. The number of hydrogen-bond donors (Lipinski definition) is 1. The summed E-state index contributed by atoms with van der Waals surface area (Å²) in [6.45, 7) is 3.67. The molecule has 1 saturated heterocycles. The van der Waals surface area contributed by atoms with Gasteiger partial charge in [0.15, 0.2) is 0 Å². The lowest BCUT2D eigenvalue weighted by Crippen LogP contribution is -2.47. The van der Waals surface area contributed by atoms with Crippen LogP contribution in [0.2, 0.25) is 5.02 Å². The van der Waals surface area contributed by atoms with Crippen molar-refractivity contribution in [3.05, 3.63) is 65.2 Å². The van der Waals surface area contributed by atoms with Crippen LogP contribution >= 0.6 is 11.6 Å². The fourth-order valence-corrected chi connectivity index (χ4v) is 5.03. The minimum atomic E-state index is -3.51. The molecule has 0 aromatic heterocycles. The molecule has 0 bridgehead atoms. The molecule has 1 aliphatic heterocycles. The van der Waals surface area contributed by atoms with Crippen LogP contribution in [0.1, 0.15) is 31.4 Å². The van der Waals surface area contributed by atoms with E-state index >= 15 is 0 Å². The Labute approximate surface area is 183 Å². The maximum absolute atomic E-state index is 12.7. The van der Waals surface area contributed by atoms with Crippen molar-refractivity contribution < 1.29 is 13.2 Å². The molecule has 1 atom stereocenters. The van der Waals surface area contributed by atoms with Crippen LogP contribution in [-0.2, 0) is 14.8 Å². The van der Waals surface area contributed by atoms with E-state index in [2.05, 4.69) is 9.62 Å². The van der Waals surface area contributed by atoms with Gasteiger partial charge in [0.05, 0.1) is 17.5 Å². The fourth-order valence-electron chi connectivity index (χ4n) is 3.58. The lowest BCUT2D eigenvalue weighted by Gasteiger charge is -2.34. The Kier molecular flexibility index (Phi) is 7.52. The van der Waals surface area contributed by atoms with Gasteiger partial charge >= 0.3 is 0 Å². The zero-order valence-electron chi connectivity index (χ0n) is 17.3. The Morgan fingerprint density at radius 1 is 1.13 bits per heavy atom. The first-order valence-electron chi connectivity index (χ1n) is 10.1. The Bertz CT molecular complexity index is 943. The van der Waals surface area contributed by atoms with Gasteiger partial charge in [0.1, 0.15) is 0 Å². The third-order valence-corrected chi connectivity index (χ3v) is 7.44. The molecular weight excluding hydrogens is 422 g/mol. The number of carbonyl (C=O) groups excluding carboxylic acids is 1. The number of sulfonamides is 1. The smallest absolute Gasteiger partial charge is 0.240 e. The van der Waals surface area contributed by atoms with E-state index in [0.717, 1.165) is 5.56 Å². The Morgan fingerprint density at radius 2 is 1.73 bits per heavy atom. The predicted molar refractivity (Wildman–Crippen MR) is 119 cm³/mol. The first-order chi connectivity index (χ1) is 14.3. The number of nitrogens with zero attached hydrogens (tertiary/aromatic N) is 2. The van der Waals surface area contributed by atoms with Crippen LogP contribution in [-0.4, -0.2) is 56.8 Å². The van der Waals surface area contributed by atoms with Gasteiger partial charge in [-0.25, -0.2) is 13.1 Å². The van der Waals surface area contributed by atoms with E-state index in [0.29, 0.717) is 37.5 Å². The molecule has 1 heterocycles. The normalized spacial score (nSPS) is 16.9. The minimum absolute atomic E-state index is 0.0424. The van der Waals surface area contributed by atoms with E-state index in [-0.39, 0.29) is 22.9 Å². The molecular formula is C22H28ClN3O3S. The molecule has 2 aromatic rings. The number of likely N-dealkylation sites (tertiary alicyclic amines) is 1. The number of benzene rings is 2. The van der Waals surface area contributed by atoms with Gasteiger partial charge < -0.3 is 4.90 Å². The van der Waals surface area contributed by atoms with Crippen LogP contribution in [0.4, 0.5) is 0 Å². The summed E-state index contributed by atoms with van der Waals surface area (Å²) in [5.41, 5.74) is 1.03. The number of carbonyl (C=O) groups is 1. The van der Waals surface area contributed by atoms with Crippen LogP contribution in [0.3, 0.4) is 0 Å². The predicted octanol–water partition coefficient (Wildman–Crippen LogP) is 3.30. The highest BCUT2D eigenvalue weighted by Gasteiger charge is 2.27. The van der Waals surface area contributed by atoms with Gasteiger partial charge in [-0.2, -0.15) is 0 Å². The molecule has 1 amide bonds. The van der Waals surface area contributed by atoms with E-state index < -0.39 is 10.0 Å². The van der Waals surface area contributed by atoms with Crippen LogP contribution in [0.15, 0.2) is 59.5 Å². The summed E-state index contributed by atoms with van der Waals surface area (Å²) in [6, 6.07) is 15.7. The van der Waals surface area contributed by atoms with Gasteiger partial charge in [-0.1, -0.05) is 41.9 Å². The molecule has 1 fully saturated rings. The molecule has 1 N–H and O–H groups in total. The molecule has 0 saturated carbocycles. The third kappa shape index (κ3) is 5.82. The zero-order chi connectivity index (χ0) is 21.7. The maximum Gasteiger partial charge on any atom is 0.240 e. The molecule has 1 aliphatic rings. The standard InChI is InChI=1S/C22H28ClN3O3S/c1-17(18-8-10-19(23)11-9-18)25(2)22(27)16-26-14-12-20(13-15-26)24-30(28,29)21-6-4-3-5-7-21/h3-11,17,20,24H,12-16H2,1-2H3. The lowest BCUT2D eigenvalue weighted by molar-refractivity contribution is -0.133. The second-order valence-corrected chi connectivity index (χ2v) is 9.87. The average Bonchev–Trinajstić information content (AvgIpc) is 2.75. The molecule has 30 heavy (non-hydrogen) atoms. The summed E-state index contributed by atoms with van der Waals surface area (Å²) in [5.74, 6) is 0.0424. The Morgan fingerprint density at radius 3 is 2.33 bits per heavy atom. The third-order valence-electron chi connectivity index (χ3n) is 5.65. The number of likely N-dealkylation sites (N-methyl/N-ethyl adjacent to an activating group) is 1. The number of piperidine rings is 1. The second kappa shape index (κ2) is 9.92. The SMILES string of the molecule is CC(c1ccc(Cl)cc1)N(C)C(=O)CN1CCC(NS(=O)(=O)c2ccccc2)CC1. The molecule has 1 unspecified atom stereocenters. The van der Waals surface area contributed by atoms with Crippen LogP contribution in [0.5, 0.6) is 0 Å². The quantitative estimate of drug-likeness (QED) is 0.704. The minimum Gasteiger partial charge on any atom is -0.338 e. The van der Waals surface area contributed by atoms with Crippen molar-refractivity contribution >= 4 is 27.5 Å². The van der Waals surface area contributed by atoms with Crippen molar-refractivity contribution in [2.45, 2.75) is 36.7 Å². The topological polar surface area (TPSA) is 69.7 Å². The van der Waals surface area contributed by atoms with E-state index in [4.69, 9.17) is 11.6 Å². The number of rotatable bonds is 7. The summed E-state index contributed by atoms with van der Waals surface area (Å²) in [5, 5.41) is 0.672. The van der Waals surface area contributed by atoms with Crippen LogP contribution < -0.4 is 4.72 Å². The van der Waals surface area contributed by atoms with Crippen molar-refractivity contribution in [3.63, 3.8) is 0 Å². The van der Waals surface area contributed by atoms with Gasteiger partial charge in [0.25, 0.3) is 0 Å². The highest BCUT2D eigenvalue weighted by atomic mass is 35.5. The molecule has 6 nitrogen and oxygen atoms in total. The molecule has 0 spiro atoms. The van der Waals surface area contributed by atoms with Gasteiger partial charge in [0.2, 0.25) is 15.9 Å². The van der Waals surface area contributed by atoms with E-state index in [9.17, 15) is 13.2 Å². The Balaban J connectivity index is 1.49. The number of amides is 1. The molecule has 2 aromatic carbocycles. The van der Waals surface area contributed by atoms with Gasteiger partial charge in [-0.3, -0.25) is 9.69 Å². The van der Waals surface area contributed by atoms with Crippen LogP contribution in [0.25, 0.3) is 0 Å². The fraction of sp³-hybridized carbons (Fsp3) is 0.409. The first kappa shape index (κ1) is 22.7. The number of halogens is 1. The summed E-state index contributed by atoms with van der Waals surface area (Å²) >= 11 is 5.94. The van der Waals surface area contributed by atoms with Crippen molar-refractivity contribution in [1.29, 1.82) is 0 Å². The molecule has 0 aliphatic carbocycles.